The second-order valence-electron chi connectivity index (χ2n) is 6.47. The van der Waals surface area contributed by atoms with Crippen LogP contribution < -0.4 is 4.74 Å². The minimum atomic E-state index is -3.77. The van der Waals surface area contributed by atoms with Crippen molar-refractivity contribution in [3.8, 4) is 5.75 Å². The molecule has 0 atom stereocenters. The lowest BCUT2D eigenvalue weighted by molar-refractivity contribution is 0.0731. The fourth-order valence-electron chi connectivity index (χ4n) is 2.80. The molecule has 28 heavy (non-hydrogen) atoms. The van der Waals surface area contributed by atoms with E-state index in [2.05, 4.69) is 0 Å². The van der Waals surface area contributed by atoms with Crippen molar-refractivity contribution in [1.29, 1.82) is 0 Å². The van der Waals surface area contributed by atoms with Gasteiger partial charge in [0.1, 0.15) is 9.77 Å². The molecule has 1 heterocycles. The number of carbonyl (C=O) groups is 1. The minimum absolute atomic E-state index is 0.00474. The zero-order chi connectivity index (χ0) is 20.5. The standard InChI is InChI=1S/C20H21NO5S2/c1-13-9-10-16(18(11-13)28(23,24)21(2)3)26-20(22)19-15(12-25-4)14-7-5-6-8-17(14)27-19/h5-11H,12H2,1-4H3. The van der Waals surface area contributed by atoms with Crippen molar-refractivity contribution >= 4 is 37.4 Å². The number of nitrogens with zero attached hydrogens (tertiary/aromatic N) is 1. The molecule has 0 bridgehead atoms. The first kappa shape index (κ1) is 20.5. The molecule has 0 aliphatic rings. The maximum Gasteiger partial charge on any atom is 0.354 e. The van der Waals surface area contributed by atoms with E-state index in [0.717, 1.165) is 25.5 Å². The number of aryl methyl sites for hydroxylation is 1. The Labute approximate surface area is 168 Å². The topological polar surface area (TPSA) is 72.9 Å². The Morgan fingerprint density at radius 2 is 1.86 bits per heavy atom. The number of benzene rings is 2. The molecule has 1 aromatic heterocycles. The van der Waals surface area contributed by atoms with Crippen LogP contribution in [0.4, 0.5) is 0 Å². The largest absolute Gasteiger partial charge is 0.421 e. The van der Waals surface area contributed by atoms with Gasteiger partial charge in [0.2, 0.25) is 10.0 Å². The van der Waals surface area contributed by atoms with Gasteiger partial charge in [-0.15, -0.1) is 11.3 Å². The Kier molecular flexibility index (Phi) is 5.85. The average Bonchev–Trinajstić information content (AvgIpc) is 3.02. The molecule has 3 aromatic rings. The van der Waals surface area contributed by atoms with Crippen LogP contribution in [-0.4, -0.2) is 39.9 Å². The van der Waals surface area contributed by atoms with Crippen LogP contribution in [0.3, 0.4) is 0 Å². The minimum Gasteiger partial charge on any atom is -0.421 e. The molecule has 0 amide bonds. The predicted octanol–water partition coefficient (Wildman–Crippen LogP) is 3.83. The second-order valence-corrected chi connectivity index (χ2v) is 9.64. The number of fused-ring (bicyclic) bond motifs is 1. The first-order valence-electron chi connectivity index (χ1n) is 8.50. The predicted molar refractivity (Wildman–Crippen MR) is 110 cm³/mol. The van der Waals surface area contributed by atoms with Crippen LogP contribution in [0, 0.1) is 6.92 Å². The summed E-state index contributed by atoms with van der Waals surface area (Å²) in [6.07, 6.45) is 0. The number of thiophene rings is 1. The van der Waals surface area contributed by atoms with Crippen molar-refractivity contribution in [2.75, 3.05) is 21.2 Å². The molecule has 0 spiro atoms. The van der Waals surface area contributed by atoms with Gasteiger partial charge in [-0.05, 0) is 36.1 Å². The summed E-state index contributed by atoms with van der Waals surface area (Å²) in [5, 5.41) is 0.923. The fourth-order valence-corrected chi connectivity index (χ4v) is 4.97. The van der Waals surface area contributed by atoms with Crippen molar-refractivity contribution in [3.05, 3.63) is 58.5 Å². The lowest BCUT2D eigenvalue weighted by Gasteiger charge is -2.15. The monoisotopic (exact) mass is 419 g/mol. The Bertz CT molecular complexity index is 1130. The second kappa shape index (κ2) is 8.00. The number of esters is 1. The smallest absolute Gasteiger partial charge is 0.354 e. The summed E-state index contributed by atoms with van der Waals surface area (Å²) < 4.78 is 38.1. The van der Waals surface area contributed by atoms with Crippen LogP contribution in [0.25, 0.3) is 10.1 Å². The molecule has 0 radical (unpaired) electrons. The van der Waals surface area contributed by atoms with Crippen molar-refractivity contribution in [2.45, 2.75) is 18.4 Å². The van der Waals surface area contributed by atoms with Gasteiger partial charge in [0.15, 0.2) is 5.75 Å². The van der Waals surface area contributed by atoms with Crippen molar-refractivity contribution in [1.82, 2.24) is 4.31 Å². The number of hydrogen-bond donors (Lipinski definition) is 0. The van der Waals surface area contributed by atoms with Crippen molar-refractivity contribution in [3.63, 3.8) is 0 Å². The molecule has 0 unspecified atom stereocenters. The van der Waals surface area contributed by atoms with Gasteiger partial charge in [-0.25, -0.2) is 17.5 Å². The van der Waals surface area contributed by atoms with Crippen LogP contribution in [-0.2, 0) is 21.4 Å². The zero-order valence-corrected chi connectivity index (χ0v) is 17.7. The van der Waals surface area contributed by atoms with Gasteiger partial charge in [-0.3, -0.25) is 0 Å². The number of carbonyl (C=O) groups excluding carboxylic acids is 1. The summed E-state index contributed by atoms with van der Waals surface area (Å²) in [5.74, 6) is -0.600. The third kappa shape index (κ3) is 3.81. The van der Waals surface area contributed by atoms with Crippen molar-refractivity contribution in [2.24, 2.45) is 0 Å². The molecule has 2 aromatic carbocycles. The van der Waals surface area contributed by atoms with Gasteiger partial charge in [0.25, 0.3) is 0 Å². The lowest BCUT2D eigenvalue weighted by atomic mass is 10.1. The molecule has 0 aliphatic heterocycles. The number of sulfonamides is 1. The van der Waals surface area contributed by atoms with E-state index in [-0.39, 0.29) is 17.3 Å². The van der Waals surface area contributed by atoms with Gasteiger partial charge in [-0.1, -0.05) is 24.3 Å². The Hall–Kier alpha value is -2.26. The SMILES string of the molecule is COCc1c(C(=O)Oc2ccc(C)cc2S(=O)(=O)N(C)C)sc2ccccc12. The fraction of sp³-hybridized carbons (Fsp3) is 0.250. The van der Waals surface area contributed by atoms with Gasteiger partial charge in [0, 0.05) is 31.5 Å². The number of hydrogen-bond acceptors (Lipinski definition) is 6. The van der Waals surface area contributed by atoms with E-state index in [9.17, 15) is 13.2 Å². The molecule has 3 rings (SSSR count). The Balaban J connectivity index is 2.06. The van der Waals surface area contributed by atoms with E-state index in [1.165, 1.54) is 37.6 Å². The van der Waals surface area contributed by atoms with Crippen LogP contribution in [0.15, 0.2) is 47.4 Å². The average molecular weight is 420 g/mol. The quantitative estimate of drug-likeness (QED) is 0.449. The highest BCUT2D eigenvalue weighted by Gasteiger charge is 2.26. The molecule has 8 heteroatoms. The Morgan fingerprint density at radius 3 is 2.54 bits per heavy atom. The van der Waals surface area contributed by atoms with E-state index in [4.69, 9.17) is 9.47 Å². The van der Waals surface area contributed by atoms with E-state index in [0.29, 0.717) is 4.88 Å². The van der Waals surface area contributed by atoms with Crippen LogP contribution in [0.2, 0.25) is 0 Å². The third-order valence-electron chi connectivity index (χ3n) is 4.23. The van der Waals surface area contributed by atoms with E-state index in [1.807, 2.05) is 24.3 Å². The third-order valence-corrected chi connectivity index (χ3v) is 7.26. The van der Waals surface area contributed by atoms with E-state index in [1.54, 1.807) is 20.1 Å². The van der Waals surface area contributed by atoms with Gasteiger partial charge < -0.3 is 9.47 Å². The summed E-state index contributed by atoms with van der Waals surface area (Å²) in [6.45, 7) is 2.04. The molecular weight excluding hydrogens is 398 g/mol. The summed E-state index contributed by atoms with van der Waals surface area (Å²) >= 11 is 1.30. The molecule has 0 saturated heterocycles. The molecule has 0 N–H and O–H groups in total. The summed E-state index contributed by atoms with van der Waals surface area (Å²) in [5.41, 5.74) is 1.49. The summed E-state index contributed by atoms with van der Waals surface area (Å²) in [6, 6.07) is 12.3. The molecule has 6 nitrogen and oxygen atoms in total. The normalized spacial score (nSPS) is 11.9. The highest BCUT2D eigenvalue weighted by molar-refractivity contribution is 7.89. The van der Waals surface area contributed by atoms with Crippen LogP contribution in [0.1, 0.15) is 20.8 Å². The maximum atomic E-state index is 12.9. The van der Waals surface area contributed by atoms with E-state index < -0.39 is 16.0 Å². The van der Waals surface area contributed by atoms with Crippen LogP contribution >= 0.6 is 11.3 Å². The van der Waals surface area contributed by atoms with Gasteiger partial charge in [0.05, 0.1) is 6.61 Å². The number of methoxy groups -OCH3 is 1. The highest BCUT2D eigenvalue weighted by Crippen LogP contribution is 2.34. The molecule has 0 aliphatic carbocycles. The van der Waals surface area contributed by atoms with Gasteiger partial charge in [-0.2, -0.15) is 0 Å². The summed E-state index contributed by atoms with van der Waals surface area (Å²) in [4.78, 5) is 13.3. The highest BCUT2D eigenvalue weighted by atomic mass is 32.2. The van der Waals surface area contributed by atoms with E-state index >= 15 is 0 Å². The number of rotatable bonds is 6. The maximum absolute atomic E-state index is 12.9. The number of ether oxygens (including phenoxy) is 2. The van der Waals surface area contributed by atoms with Crippen molar-refractivity contribution < 1.29 is 22.7 Å². The molecular formula is C20H21NO5S2. The first-order chi connectivity index (χ1) is 13.3. The van der Waals surface area contributed by atoms with Crippen LogP contribution in [0.5, 0.6) is 5.75 Å². The first-order valence-corrected chi connectivity index (χ1v) is 10.8. The molecule has 148 valence electrons. The Morgan fingerprint density at radius 1 is 1.14 bits per heavy atom. The molecule has 0 fully saturated rings. The van der Waals surface area contributed by atoms with Gasteiger partial charge >= 0.3 is 5.97 Å². The zero-order valence-electron chi connectivity index (χ0n) is 16.1. The lowest BCUT2D eigenvalue weighted by Crippen LogP contribution is -2.23. The summed E-state index contributed by atoms with van der Waals surface area (Å²) in [7, 11) is 0.664. The molecule has 0 saturated carbocycles.